The first kappa shape index (κ1) is 19.4. The summed E-state index contributed by atoms with van der Waals surface area (Å²) in [5.41, 5.74) is 3.49. The van der Waals surface area contributed by atoms with E-state index in [9.17, 15) is 4.79 Å². The van der Waals surface area contributed by atoms with Crippen molar-refractivity contribution in [3.05, 3.63) is 48.0 Å². The number of ether oxygens (including phenoxy) is 2. The van der Waals surface area contributed by atoms with Crippen molar-refractivity contribution < 1.29 is 14.3 Å². The van der Waals surface area contributed by atoms with Gasteiger partial charge < -0.3 is 24.6 Å². The number of amides is 1. The first-order valence-electron chi connectivity index (χ1n) is 10.3. The van der Waals surface area contributed by atoms with Gasteiger partial charge in [0.1, 0.15) is 11.5 Å². The molecule has 2 aliphatic rings. The SMILES string of the molecule is CCNC(=O)[C@@H]1Cc2ccc(OC)cc2N2CCN(c3ccccc3OC)C[C@H]12. The maximum Gasteiger partial charge on any atom is 0.225 e. The number of anilines is 2. The predicted octanol–water partition coefficient (Wildman–Crippen LogP) is 2.71. The van der Waals surface area contributed by atoms with Crippen molar-refractivity contribution in [1.29, 1.82) is 0 Å². The van der Waals surface area contributed by atoms with E-state index in [2.05, 4.69) is 33.3 Å². The number of para-hydroxylation sites is 2. The van der Waals surface area contributed by atoms with Crippen LogP contribution in [-0.2, 0) is 11.2 Å². The molecule has 1 fully saturated rings. The smallest absolute Gasteiger partial charge is 0.225 e. The Hall–Kier alpha value is -2.89. The number of nitrogens with one attached hydrogen (secondary N) is 1. The molecule has 0 aliphatic carbocycles. The minimum Gasteiger partial charge on any atom is -0.497 e. The Balaban J connectivity index is 1.69. The van der Waals surface area contributed by atoms with E-state index in [0.29, 0.717) is 6.54 Å². The average molecular weight is 396 g/mol. The maximum atomic E-state index is 12.9. The maximum absolute atomic E-state index is 12.9. The van der Waals surface area contributed by atoms with Gasteiger partial charge >= 0.3 is 0 Å². The van der Waals surface area contributed by atoms with Gasteiger partial charge in [-0.15, -0.1) is 0 Å². The van der Waals surface area contributed by atoms with E-state index >= 15 is 0 Å². The normalized spacial score (nSPS) is 20.5. The molecule has 2 aliphatic heterocycles. The molecule has 0 radical (unpaired) electrons. The average Bonchev–Trinajstić information content (AvgIpc) is 2.77. The number of carbonyl (C=O) groups excluding carboxylic acids is 1. The fourth-order valence-electron chi connectivity index (χ4n) is 4.62. The van der Waals surface area contributed by atoms with Crippen LogP contribution in [0.1, 0.15) is 12.5 Å². The van der Waals surface area contributed by atoms with Crippen molar-refractivity contribution in [2.45, 2.75) is 19.4 Å². The molecule has 0 saturated carbocycles. The van der Waals surface area contributed by atoms with Crippen LogP contribution in [0.3, 0.4) is 0 Å². The van der Waals surface area contributed by atoms with Crippen molar-refractivity contribution in [3.8, 4) is 11.5 Å². The molecule has 2 aromatic carbocycles. The molecule has 1 saturated heterocycles. The van der Waals surface area contributed by atoms with Crippen LogP contribution in [0.2, 0.25) is 0 Å². The Morgan fingerprint density at radius 1 is 1.10 bits per heavy atom. The zero-order chi connectivity index (χ0) is 20.4. The van der Waals surface area contributed by atoms with Gasteiger partial charge in [-0.1, -0.05) is 18.2 Å². The summed E-state index contributed by atoms with van der Waals surface area (Å²) in [6.45, 7) is 5.11. The fraction of sp³-hybridized carbons (Fsp3) is 0.435. The molecule has 6 heteroatoms. The molecule has 154 valence electrons. The lowest BCUT2D eigenvalue weighted by Gasteiger charge is -2.49. The summed E-state index contributed by atoms with van der Waals surface area (Å²) in [7, 11) is 3.40. The number of piperazine rings is 1. The van der Waals surface area contributed by atoms with E-state index in [1.165, 1.54) is 11.3 Å². The summed E-state index contributed by atoms with van der Waals surface area (Å²) in [5.74, 6) is 1.76. The third-order valence-electron chi connectivity index (χ3n) is 6.04. The van der Waals surface area contributed by atoms with Gasteiger partial charge in [0.05, 0.1) is 31.9 Å². The molecular weight excluding hydrogens is 366 g/mol. The van der Waals surface area contributed by atoms with E-state index in [-0.39, 0.29) is 17.9 Å². The molecule has 4 rings (SSSR count). The van der Waals surface area contributed by atoms with E-state index < -0.39 is 0 Å². The van der Waals surface area contributed by atoms with Gasteiger partial charge in [-0.25, -0.2) is 0 Å². The minimum atomic E-state index is -0.0895. The lowest BCUT2D eigenvalue weighted by Crippen LogP contribution is -2.61. The van der Waals surface area contributed by atoms with E-state index in [1.807, 2.05) is 31.2 Å². The van der Waals surface area contributed by atoms with Crippen LogP contribution in [0.5, 0.6) is 11.5 Å². The molecule has 0 aromatic heterocycles. The predicted molar refractivity (Wildman–Crippen MR) is 115 cm³/mol. The number of fused-ring (bicyclic) bond motifs is 3. The van der Waals surface area contributed by atoms with Gasteiger partial charge in [0.2, 0.25) is 5.91 Å². The molecule has 29 heavy (non-hydrogen) atoms. The molecule has 2 heterocycles. The van der Waals surface area contributed by atoms with Crippen LogP contribution in [0.25, 0.3) is 0 Å². The highest BCUT2D eigenvalue weighted by Gasteiger charge is 2.41. The monoisotopic (exact) mass is 395 g/mol. The third-order valence-corrected chi connectivity index (χ3v) is 6.04. The summed E-state index contributed by atoms with van der Waals surface area (Å²) in [4.78, 5) is 17.7. The lowest BCUT2D eigenvalue weighted by atomic mass is 9.83. The molecule has 1 N–H and O–H groups in total. The number of benzene rings is 2. The van der Waals surface area contributed by atoms with Crippen molar-refractivity contribution in [2.75, 3.05) is 50.2 Å². The van der Waals surface area contributed by atoms with Crippen molar-refractivity contribution in [2.24, 2.45) is 5.92 Å². The fourth-order valence-corrected chi connectivity index (χ4v) is 4.62. The van der Waals surface area contributed by atoms with Crippen LogP contribution < -0.4 is 24.6 Å². The number of methoxy groups -OCH3 is 2. The Kier molecular flexibility index (Phi) is 5.51. The third kappa shape index (κ3) is 3.59. The Labute approximate surface area is 172 Å². The van der Waals surface area contributed by atoms with E-state index in [4.69, 9.17) is 9.47 Å². The first-order valence-corrected chi connectivity index (χ1v) is 10.3. The van der Waals surface area contributed by atoms with Gasteiger partial charge in [0.25, 0.3) is 0 Å². The highest BCUT2D eigenvalue weighted by Crippen LogP contribution is 2.40. The standard InChI is InChI=1S/C23H29N3O3/c1-4-24-23(27)18-13-16-9-10-17(28-2)14-20(16)26-12-11-25(15-21(18)26)19-7-5-6-8-22(19)29-3/h5-10,14,18,21H,4,11-13,15H2,1-3H3,(H,24,27)/t18-,21-/m1/s1. The molecule has 2 aromatic rings. The zero-order valence-corrected chi connectivity index (χ0v) is 17.4. The van der Waals surface area contributed by atoms with Crippen molar-refractivity contribution >= 4 is 17.3 Å². The molecule has 2 atom stereocenters. The second kappa shape index (κ2) is 8.23. The molecule has 0 spiro atoms. The summed E-state index contributed by atoms with van der Waals surface area (Å²) < 4.78 is 11.0. The highest BCUT2D eigenvalue weighted by molar-refractivity contribution is 5.82. The lowest BCUT2D eigenvalue weighted by molar-refractivity contribution is -0.125. The summed E-state index contributed by atoms with van der Waals surface area (Å²) >= 11 is 0. The zero-order valence-electron chi connectivity index (χ0n) is 17.4. The number of nitrogens with zero attached hydrogens (tertiary/aromatic N) is 2. The van der Waals surface area contributed by atoms with Crippen LogP contribution in [0, 0.1) is 5.92 Å². The first-order chi connectivity index (χ1) is 14.2. The van der Waals surface area contributed by atoms with E-state index in [1.54, 1.807) is 14.2 Å². The second-order valence-electron chi connectivity index (χ2n) is 7.58. The van der Waals surface area contributed by atoms with Crippen LogP contribution in [-0.4, -0.2) is 52.3 Å². The molecule has 6 nitrogen and oxygen atoms in total. The Morgan fingerprint density at radius 3 is 2.69 bits per heavy atom. The minimum absolute atomic E-state index is 0.0895. The van der Waals surface area contributed by atoms with Gasteiger partial charge in [0.15, 0.2) is 0 Å². The molecule has 0 unspecified atom stereocenters. The summed E-state index contributed by atoms with van der Waals surface area (Å²) in [5, 5.41) is 3.05. The van der Waals surface area contributed by atoms with Crippen LogP contribution in [0.4, 0.5) is 11.4 Å². The van der Waals surface area contributed by atoms with Crippen LogP contribution in [0.15, 0.2) is 42.5 Å². The number of rotatable bonds is 5. The van der Waals surface area contributed by atoms with Gasteiger partial charge in [-0.05, 0) is 37.1 Å². The van der Waals surface area contributed by atoms with Crippen molar-refractivity contribution in [1.82, 2.24) is 5.32 Å². The summed E-state index contributed by atoms with van der Waals surface area (Å²) in [6, 6.07) is 14.4. The number of hydrogen-bond donors (Lipinski definition) is 1. The van der Waals surface area contributed by atoms with Crippen LogP contribution >= 0.6 is 0 Å². The van der Waals surface area contributed by atoms with Gasteiger partial charge in [-0.3, -0.25) is 4.79 Å². The van der Waals surface area contributed by atoms with Crippen molar-refractivity contribution in [3.63, 3.8) is 0 Å². The topological polar surface area (TPSA) is 54.0 Å². The molecule has 0 bridgehead atoms. The second-order valence-corrected chi connectivity index (χ2v) is 7.58. The van der Waals surface area contributed by atoms with Gasteiger partial charge in [0, 0.05) is 37.9 Å². The highest BCUT2D eigenvalue weighted by atomic mass is 16.5. The number of hydrogen-bond acceptors (Lipinski definition) is 5. The summed E-state index contributed by atoms with van der Waals surface area (Å²) in [6.07, 6.45) is 0.742. The number of carbonyl (C=O) groups is 1. The molecular formula is C23H29N3O3. The molecule has 1 amide bonds. The van der Waals surface area contributed by atoms with Gasteiger partial charge in [-0.2, -0.15) is 0 Å². The Morgan fingerprint density at radius 2 is 1.93 bits per heavy atom. The largest absolute Gasteiger partial charge is 0.497 e. The quantitative estimate of drug-likeness (QED) is 0.844. The Bertz CT molecular complexity index is 885. The van der Waals surface area contributed by atoms with E-state index in [0.717, 1.165) is 43.2 Å².